The standard InChI is InChI=1S/C21H20N4O2S/c1-3-27-20(26)18(12-15-8-6-7-14(2)11-15)28-21-23-19-16-9-4-5-10-17(16)22-13-25(19)24-21/h4-11,13,18H,3,12H2,1-2H3/t18-/m0/s1. The zero-order valence-corrected chi connectivity index (χ0v) is 16.5. The smallest absolute Gasteiger partial charge is 0.319 e. The molecule has 0 aliphatic carbocycles. The minimum Gasteiger partial charge on any atom is -0.465 e. The van der Waals surface area contributed by atoms with Gasteiger partial charge in [-0.1, -0.05) is 53.7 Å². The van der Waals surface area contributed by atoms with Crippen LogP contribution < -0.4 is 0 Å². The van der Waals surface area contributed by atoms with Gasteiger partial charge in [-0.3, -0.25) is 4.79 Å². The van der Waals surface area contributed by atoms with Crippen molar-refractivity contribution in [2.24, 2.45) is 0 Å². The number of aromatic nitrogens is 4. The molecule has 4 rings (SSSR count). The van der Waals surface area contributed by atoms with Crippen molar-refractivity contribution in [2.45, 2.75) is 30.7 Å². The normalized spacial score (nSPS) is 12.4. The highest BCUT2D eigenvalue weighted by molar-refractivity contribution is 8.00. The average molecular weight is 392 g/mol. The van der Waals surface area contributed by atoms with Gasteiger partial charge < -0.3 is 4.74 Å². The third-order valence-electron chi connectivity index (χ3n) is 4.36. The van der Waals surface area contributed by atoms with Crippen LogP contribution in [0.3, 0.4) is 0 Å². The van der Waals surface area contributed by atoms with E-state index in [4.69, 9.17) is 4.74 Å². The average Bonchev–Trinajstić information content (AvgIpc) is 3.11. The fourth-order valence-corrected chi connectivity index (χ4v) is 4.07. The first kappa shape index (κ1) is 18.4. The summed E-state index contributed by atoms with van der Waals surface area (Å²) >= 11 is 1.33. The summed E-state index contributed by atoms with van der Waals surface area (Å²) in [5, 5.41) is 5.54. The van der Waals surface area contributed by atoms with E-state index in [0.29, 0.717) is 18.2 Å². The maximum Gasteiger partial charge on any atom is 0.319 e. The molecule has 0 saturated heterocycles. The Bertz CT molecular complexity index is 1140. The summed E-state index contributed by atoms with van der Waals surface area (Å²) < 4.78 is 6.94. The van der Waals surface area contributed by atoms with Crippen LogP contribution >= 0.6 is 11.8 Å². The van der Waals surface area contributed by atoms with E-state index >= 15 is 0 Å². The molecule has 1 atom stereocenters. The van der Waals surface area contributed by atoms with Crippen LogP contribution in [0, 0.1) is 6.92 Å². The topological polar surface area (TPSA) is 69.4 Å². The van der Waals surface area contributed by atoms with Gasteiger partial charge in [0.15, 0.2) is 5.65 Å². The molecule has 0 fully saturated rings. The molecule has 0 N–H and O–H groups in total. The van der Waals surface area contributed by atoms with Gasteiger partial charge in [-0.2, -0.15) is 0 Å². The van der Waals surface area contributed by atoms with Crippen molar-refractivity contribution in [3.05, 3.63) is 66.0 Å². The highest BCUT2D eigenvalue weighted by atomic mass is 32.2. The van der Waals surface area contributed by atoms with Crippen LogP contribution in [-0.2, 0) is 16.0 Å². The lowest BCUT2D eigenvalue weighted by atomic mass is 10.1. The van der Waals surface area contributed by atoms with Gasteiger partial charge in [-0.05, 0) is 38.0 Å². The second-order valence-electron chi connectivity index (χ2n) is 6.48. The molecule has 28 heavy (non-hydrogen) atoms. The molecule has 0 spiro atoms. The predicted molar refractivity (Wildman–Crippen MR) is 109 cm³/mol. The number of ether oxygens (including phenoxy) is 1. The molecule has 2 heterocycles. The zero-order valence-electron chi connectivity index (χ0n) is 15.7. The summed E-state index contributed by atoms with van der Waals surface area (Å²) in [5.74, 6) is -0.254. The number of hydrogen-bond acceptors (Lipinski definition) is 6. The lowest BCUT2D eigenvalue weighted by Crippen LogP contribution is -2.23. The maximum absolute atomic E-state index is 12.5. The molecule has 6 nitrogen and oxygen atoms in total. The largest absolute Gasteiger partial charge is 0.465 e. The first-order chi connectivity index (χ1) is 13.6. The number of aryl methyl sites for hydroxylation is 1. The number of carbonyl (C=O) groups excluding carboxylic acids is 1. The Morgan fingerprint density at radius 1 is 1.21 bits per heavy atom. The molecule has 0 amide bonds. The summed E-state index contributed by atoms with van der Waals surface area (Å²) in [7, 11) is 0. The van der Waals surface area contributed by atoms with Crippen LogP contribution in [0.5, 0.6) is 0 Å². The lowest BCUT2D eigenvalue weighted by Gasteiger charge is -2.13. The molecule has 0 bridgehead atoms. The van der Waals surface area contributed by atoms with Crippen LogP contribution in [0.4, 0.5) is 0 Å². The van der Waals surface area contributed by atoms with Crippen LogP contribution in [-0.4, -0.2) is 37.4 Å². The fourth-order valence-electron chi connectivity index (χ4n) is 3.10. The SMILES string of the molecule is CCOC(=O)[C@H](Cc1cccc(C)c1)Sc1nc2c3ccccc3ncn2n1. The Morgan fingerprint density at radius 3 is 2.89 bits per heavy atom. The minimum atomic E-state index is -0.418. The summed E-state index contributed by atoms with van der Waals surface area (Å²) in [6.45, 7) is 4.20. The van der Waals surface area contributed by atoms with Crippen molar-refractivity contribution < 1.29 is 9.53 Å². The molecule has 0 aliphatic heterocycles. The highest BCUT2D eigenvalue weighted by Crippen LogP contribution is 2.26. The molecule has 0 radical (unpaired) electrons. The van der Waals surface area contributed by atoms with Crippen molar-refractivity contribution in [2.75, 3.05) is 6.61 Å². The van der Waals surface area contributed by atoms with Gasteiger partial charge in [-0.15, -0.1) is 5.10 Å². The predicted octanol–water partition coefficient (Wildman–Crippen LogP) is 3.85. The molecular weight excluding hydrogens is 372 g/mol. The molecule has 4 aromatic rings. The molecule has 0 aliphatic rings. The number of hydrogen-bond donors (Lipinski definition) is 0. The van der Waals surface area contributed by atoms with E-state index in [-0.39, 0.29) is 5.97 Å². The molecule has 7 heteroatoms. The molecule has 142 valence electrons. The van der Waals surface area contributed by atoms with Crippen molar-refractivity contribution in [1.82, 2.24) is 19.6 Å². The number of thioether (sulfide) groups is 1. The van der Waals surface area contributed by atoms with E-state index < -0.39 is 5.25 Å². The van der Waals surface area contributed by atoms with Gasteiger partial charge in [0.2, 0.25) is 5.16 Å². The molecule has 2 aromatic heterocycles. The molecule has 2 aromatic carbocycles. The monoisotopic (exact) mass is 392 g/mol. The van der Waals surface area contributed by atoms with Gasteiger partial charge in [-0.25, -0.2) is 14.5 Å². The second-order valence-corrected chi connectivity index (χ2v) is 7.65. The zero-order chi connectivity index (χ0) is 19.5. The van der Waals surface area contributed by atoms with Gasteiger partial charge in [0.25, 0.3) is 0 Å². The maximum atomic E-state index is 12.5. The van der Waals surface area contributed by atoms with Gasteiger partial charge in [0, 0.05) is 5.39 Å². The van der Waals surface area contributed by atoms with Crippen LogP contribution in [0.25, 0.3) is 16.6 Å². The Morgan fingerprint density at radius 2 is 2.07 bits per heavy atom. The highest BCUT2D eigenvalue weighted by Gasteiger charge is 2.24. The summed E-state index contributed by atoms with van der Waals surface area (Å²) in [6, 6.07) is 15.9. The van der Waals surface area contributed by atoms with Crippen LogP contribution in [0.1, 0.15) is 18.1 Å². The second kappa shape index (κ2) is 7.98. The van der Waals surface area contributed by atoms with Crippen molar-refractivity contribution in [1.29, 1.82) is 0 Å². The van der Waals surface area contributed by atoms with Crippen molar-refractivity contribution >= 4 is 34.3 Å². The summed E-state index contributed by atoms with van der Waals surface area (Å²) in [6.07, 6.45) is 2.20. The molecule has 0 unspecified atom stereocenters. The Balaban J connectivity index is 1.65. The van der Waals surface area contributed by atoms with Gasteiger partial charge in [0.05, 0.1) is 12.1 Å². The lowest BCUT2D eigenvalue weighted by molar-refractivity contribution is -0.142. The number of nitrogens with zero attached hydrogens (tertiary/aromatic N) is 4. The van der Waals surface area contributed by atoms with Crippen LogP contribution in [0.2, 0.25) is 0 Å². The van der Waals surface area contributed by atoms with E-state index in [1.54, 1.807) is 10.8 Å². The van der Waals surface area contributed by atoms with E-state index in [9.17, 15) is 4.79 Å². The van der Waals surface area contributed by atoms with Gasteiger partial charge >= 0.3 is 5.97 Å². The minimum absolute atomic E-state index is 0.254. The summed E-state index contributed by atoms with van der Waals surface area (Å²) in [4.78, 5) is 21.6. The van der Waals surface area contributed by atoms with E-state index in [0.717, 1.165) is 27.7 Å². The van der Waals surface area contributed by atoms with Crippen molar-refractivity contribution in [3.8, 4) is 0 Å². The Hall–Kier alpha value is -2.93. The molecule has 0 saturated carbocycles. The number of para-hydroxylation sites is 1. The number of fused-ring (bicyclic) bond motifs is 3. The fraction of sp³-hybridized carbons (Fsp3) is 0.238. The quantitative estimate of drug-likeness (QED) is 0.367. The Labute approximate surface area is 167 Å². The Kier molecular flexibility index (Phi) is 5.25. The third-order valence-corrected chi connectivity index (χ3v) is 5.39. The summed E-state index contributed by atoms with van der Waals surface area (Å²) in [5.41, 5.74) is 3.84. The number of benzene rings is 2. The number of esters is 1. The van der Waals surface area contributed by atoms with E-state index in [2.05, 4.69) is 21.1 Å². The van der Waals surface area contributed by atoms with Gasteiger partial charge in [0.1, 0.15) is 11.6 Å². The first-order valence-electron chi connectivity index (χ1n) is 9.13. The molecular formula is C21H20N4O2S. The third kappa shape index (κ3) is 3.84. The number of carbonyl (C=O) groups is 1. The van der Waals surface area contributed by atoms with E-state index in [1.165, 1.54) is 11.8 Å². The first-order valence-corrected chi connectivity index (χ1v) is 10.0. The van der Waals surface area contributed by atoms with E-state index in [1.807, 2.05) is 56.3 Å². The van der Waals surface area contributed by atoms with Crippen molar-refractivity contribution in [3.63, 3.8) is 0 Å². The van der Waals surface area contributed by atoms with Crippen LogP contribution in [0.15, 0.2) is 60.0 Å². The number of rotatable bonds is 6.